The summed E-state index contributed by atoms with van der Waals surface area (Å²) in [6.45, 7) is 8.87. The van der Waals surface area contributed by atoms with Crippen LogP contribution in [0.15, 0.2) is 0 Å². The van der Waals surface area contributed by atoms with E-state index in [0.29, 0.717) is 0 Å². The molecule has 0 aromatic rings. The van der Waals surface area contributed by atoms with Crippen molar-refractivity contribution < 1.29 is 9.59 Å². The molecule has 0 aliphatic heterocycles. The Labute approximate surface area is 119 Å². The van der Waals surface area contributed by atoms with Gasteiger partial charge in [-0.15, -0.1) is 0 Å². The molecule has 0 aromatic heterocycles. The van der Waals surface area contributed by atoms with Crippen LogP contribution in [0.2, 0.25) is 0 Å². The molecule has 0 saturated heterocycles. The molecule has 2 nitrogen and oxygen atoms in total. The van der Waals surface area contributed by atoms with Gasteiger partial charge in [-0.1, -0.05) is 65.3 Å². The van der Waals surface area contributed by atoms with Gasteiger partial charge in [-0.3, -0.25) is 9.59 Å². The largest absolute Gasteiger partial charge is 0.300 e. The molecule has 0 saturated carbocycles. The molecule has 0 aromatic carbocycles. The quantitative estimate of drug-likeness (QED) is 0.636. The Morgan fingerprint density at radius 1 is 0.611 bits per heavy atom. The van der Waals surface area contributed by atoms with Crippen LogP contribution in [-0.2, 0) is 9.59 Å². The molecule has 0 fully saturated rings. The van der Waals surface area contributed by atoms with Gasteiger partial charge in [-0.05, 0) is 19.8 Å². The Balaban J connectivity index is -0.0000000403. The van der Waals surface area contributed by atoms with Gasteiger partial charge >= 0.3 is 0 Å². The highest BCUT2D eigenvalue weighted by Crippen LogP contribution is 2.21. The first-order valence-corrected chi connectivity index (χ1v) is 4.38. The van der Waals surface area contributed by atoms with Gasteiger partial charge in [-0.2, -0.15) is 0 Å². The van der Waals surface area contributed by atoms with Gasteiger partial charge in [0.15, 0.2) is 0 Å². The molecule has 0 radical (unpaired) electrons. The van der Waals surface area contributed by atoms with Crippen molar-refractivity contribution in [3.05, 3.63) is 0 Å². The van der Waals surface area contributed by atoms with Crippen LogP contribution in [0.25, 0.3) is 0 Å². The van der Waals surface area contributed by atoms with Crippen molar-refractivity contribution in [1.82, 2.24) is 0 Å². The van der Waals surface area contributed by atoms with E-state index in [-0.39, 0.29) is 73.9 Å². The first-order chi connectivity index (χ1) is 5.37. The summed E-state index contributed by atoms with van der Waals surface area (Å²) in [5.41, 5.74) is 0. The minimum Gasteiger partial charge on any atom is -0.300 e. The van der Waals surface area contributed by atoms with Gasteiger partial charge in [0.05, 0.1) is 0 Å². The van der Waals surface area contributed by atoms with Crippen molar-refractivity contribution in [2.45, 2.75) is 79.2 Å². The van der Waals surface area contributed by atoms with Gasteiger partial charge in [0.25, 0.3) is 0 Å². The second kappa shape index (κ2) is 18.7. The Morgan fingerprint density at radius 2 is 0.778 bits per heavy atom. The number of ketones is 2. The zero-order valence-corrected chi connectivity index (χ0v) is 8.55. The van der Waals surface area contributed by atoms with Crippen molar-refractivity contribution in [2.75, 3.05) is 0 Å². The molecule has 2 atom stereocenters. The summed E-state index contributed by atoms with van der Waals surface area (Å²) in [6, 6.07) is 0. The Hall–Kier alpha value is -0.660. The highest BCUT2D eigenvalue weighted by molar-refractivity contribution is 5.81. The third-order valence-electron chi connectivity index (χ3n) is 2.86. The minimum atomic E-state index is -0.0103. The normalized spacial score (nSPS) is 12.1. The number of rotatable bonds is 4. The zero-order chi connectivity index (χ0) is 9.89. The van der Waals surface area contributed by atoms with Crippen LogP contribution in [-0.4, -0.2) is 11.6 Å². The van der Waals surface area contributed by atoms with Gasteiger partial charge in [0.1, 0.15) is 11.6 Å². The molecule has 0 aliphatic rings. The van der Waals surface area contributed by atoms with Crippen LogP contribution in [0.1, 0.15) is 79.2 Å². The summed E-state index contributed by atoms with van der Waals surface area (Å²) in [6.07, 6.45) is 0. The zero-order valence-electron chi connectivity index (χ0n) is 8.55. The van der Waals surface area contributed by atoms with Crippen LogP contribution in [0.3, 0.4) is 0 Å². The lowest BCUT2D eigenvalue weighted by molar-refractivity contribution is -0.125. The van der Waals surface area contributed by atoms with Gasteiger partial charge in [-0.25, -0.2) is 0 Å². The fraction of sp³-hybridized carbons (Fsp3) is 0.875. The molecule has 118 valence electrons. The second-order valence-electron chi connectivity index (χ2n) is 3.66. The van der Waals surface area contributed by atoms with Crippen molar-refractivity contribution in [2.24, 2.45) is 17.8 Å². The van der Waals surface area contributed by atoms with Gasteiger partial charge in [0, 0.05) is 11.8 Å². The lowest BCUT2D eigenvalue weighted by atomic mass is 9.81. The molecular weight excluding hydrogens is 224 g/mol. The highest BCUT2D eigenvalue weighted by Gasteiger charge is 2.24. The molecule has 0 N–H and O–H groups in total. The summed E-state index contributed by atoms with van der Waals surface area (Å²) < 4.78 is 0. The van der Waals surface area contributed by atoms with E-state index in [9.17, 15) is 9.59 Å². The van der Waals surface area contributed by atoms with Crippen LogP contribution >= 0.6 is 0 Å². The topological polar surface area (TPSA) is 34.1 Å². The summed E-state index contributed by atoms with van der Waals surface area (Å²) in [4.78, 5) is 22.0. The van der Waals surface area contributed by atoms with Crippen molar-refractivity contribution in [3.8, 4) is 0 Å². The molecule has 0 amide bonds. The van der Waals surface area contributed by atoms with E-state index in [2.05, 4.69) is 0 Å². The molecular formula is C16H42O2. The monoisotopic (exact) mass is 266 g/mol. The van der Waals surface area contributed by atoms with Crippen LogP contribution < -0.4 is 0 Å². The number of carbonyl (C=O) groups excluding carboxylic acids is 2. The summed E-state index contributed by atoms with van der Waals surface area (Å²) in [7, 11) is 0. The van der Waals surface area contributed by atoms with Crippen LogP contribution in [0.4, 0.5) is 0 Å². The molecule has 0 spiro atoms. The smallest absolute Gasteiger partial charge is 0.132 e. The third-order valence-corrected chi connectivity index (χ3v) is 2.86. The summed E-state index contributed by atoms with van der Waals surface area (Å²) >= 11 is 0. The predicted molar refractivity (Wildman–Crippen MR) is 89.2 cm³/mol. The minimum absolute atomic E-state index is 0. The molecule has 0 bridgehead atoms. The number of Topliss-reactive ketones (excluding diaryl/α,β-unsaturated/α-hetero) is 2. The maximum Gasteiger partial charge on any atom is 0.132 e. The van der Waals surface area contributed by atoms with E-state index in [4.69, 9.17) is 0 Å². The van der Waals surface area contributed by atoms with Crippen molar-refractivity contribution in [1.29, 1.82) is 0 Å². The van der Waals surface area contributed by atoms with E-state index >= 15 is 0 Å². The van der Waals surface area contributed by atoms with E-state index in [1.807, 2.05) is 20.8 Å². The van der Waals surface area contributed by atoms with E-state index in [1.165, 1.54) is 0 Å². The van der Waals surface area contributed by atoms with Crippen LogP contribution in [0.5, 0.6) is 0 Å². The molecule has 2 heteroatoms. The molecule has 0 aliphatic carbocycles. The SMILES string of the molecule is C.C.C.C.C.C.CC(=O)C(C)C(C)C(C)C(C)=O. The highest BCUT2D eigenvalue weighted by atomic mass is 16.1. The standard InChI is InChI=1S/C10H18O2.6CH4/c1-6(7(2)9(4)11)8(3)10(5)12;;;;;;/h6-8H,1-5H3;6*1H4. The Morgan fingerprint density at radius 3 is 0.889 bits per heavy atom. The number of hydrogen-bond donors (Lipinski definition) is 0. The summed E-state index contributed by atoms with van der Waals surface area (Å²) in [5.74, 6) is 0.457. The third kappa shape index (κ3) is 13.4. The molecule has 0 rings (SSSR count). The second-order valence-corrected chi connectivity index (χ2v) is 3.66. The maximum absolute atomic E-state index is 11.0. The van der Waals surface area contributed by atoms with Crippen LogP contribution in [0, 0.1) is 17.8 Å². The molecule has 0 heterocycles. The van der Waals surface area contributed by atoms with Gasteiger partial charge in [0.2, 0.25) is 0 Å². The molecule has 18 heavy (non-hydrogen) atoms. The lowest BCUT2D eigenvalue weighted by Gasteiger charge is -2.21. The number of hydrogen-bond acceptors (Lipinski definition) is 2. The lowest BCUT2D eigenvalue weighted by Crippen LogP contribution is -2.26. The number of carbonyl (C=O) groups is 2. The van der Waals surface area contributed by atoms with Gasteiger partial charge < -0.3 is 0 Å². The Bertz CT molecular complexity index is 166. The first-order valence-electron chi connectivity index (χ1n) is 4.38. The fourth-order valence-electron chi connectivity index (χ4n) is 1.17. The van der Waals surface area contributed by atoms with E-state index < -0.39 is 0 Å². The van der Waals surface area contributed by atoms with Crippen molar-refractivity contribution >= 4 is 11.6 Å². The fourth-order valence-corrected chi connectivity index (χ4v) is 1.17. The average molecular weight is 267 g/mol. The molecule has 2 unspecified atom stereocenters. The maximum atomic E-state index is 11.0. The first kappa shape index (κ1) is 43.3. The van der Waals surface area contributed by atoms with Crippen molar-refractivity contribution in [3.63, 3.8) is 0 Å². The van der Waals surface area contributed by atoms with E-state index in [1.54, 1.807) is 13.8 Å². The summed E-state index contributed by atoms with van der Waals surface area (Å²) in [5, 5.41) is 0. The Kier molecular flexibility index (Phi) is 45.0. The predicted octanol–water partition coefficient (Wildman–Crippen LogP) is 5.89. The van der Waals surface area contributed by atoms with E-state index in [0.717, 1.165) is 0 Å². The average Bonchev–Trinajstić information content (AvgIpc) is 2.00.